The topological polar surface area (TPSA) is 85.0 Å². The molecule has 7 heteroatoms. The van der Waals surface area contributed by atoms with Gasteiger partial charge in [0, 0.05) is 37.0 Å². The number of hydrogen-bond acceptors (Lipinski definition) is 6. The maximum atomic E-state index is 12.0. The number of nitro groups is 1. The largest absolute Gasteiger partial charge is 0.377 e. The number of carbonyl (C=O) groups excluding carboxylic acids is 1. The summed E-state index contributed by atoms with van der Waals surface area (Å²) in [6.07, 6.45) is 7.69. The third-order valence-electron chi connectivity index (χ3n) is 4.25. The number of carbonyl (C=O) groups is 1. The average molecular weight is 329 g/mol. The predicted molar refractivity (Wildman–Crippen MR) is 88.5 cm³/mol. The number of nitro benzene ring substituents is 1. The molecule has 0 radical (unpaired) electrons. The minimum atomic E-state index is -0.481. The van der Waals surface area contributed by atoms with Gasteiger partial charge in [-0.05, 0) is 25.0 Å². The number of rotatable bonds is 3. The van der Waals surface area contributed by atoms with Gasteiger partial charge in [0.2, 0.25) is 0 Å². The van der Waals surface area contributed by atoms with Crippen molar-refractivity contribution in [1.29, 1.82) is 0 Å². The molecule has 3 rings (SSSR count). The zero-order chi connectivity index (χ0) is 16.9. The molecule has 126 valence electrons. The highest BCUT2D eigenvalue weighted by atomic mass is 16.7. The number of benzene rings is 1. The molecular weight excluding hydrogens is 310 g/mol. The van der Waals surface area contributed by atoms with Crippen molar-refractivity contribution < 1.29 is 14.6 Å². The van der Waals surface area contributed by atoms with E-state index in [1.54, 1.807) is 12.1 Å². The monoisotopic (exact) mass is 329 g/mol. The molecule has 2 aliphatic rings. The van der Waals surface area contributed by atoms with Crippen LogP contribution in [-0.4, -0.2) is 34.6 Å². The van der Waals surface area contributed by atoms with Crippen LogP contribution < -0.4 is 0 Å². The van der Waals surface area contributed by atoms with E-state index in [1.807, 2.05) is 6.20 Å². The Balaban J connectivity index is 1.82. The van der Waals surface area contributed by atoms with E-state index in [2.05, 4.69) is 10.1 Å². The minimum absolute atomic E-state index is 0.00103. The lowest BCUT2D eigenvalue weighted by atomic mass is 10.0. The summed E-state index contributed by atoms with van der Waals surface area (Å²) in [7, 11) is 0. The zero-order valence-electron chi connectivity index (χ0n) is 13.3. The Kier molecular flexibility index (Phi) is 4.88. The highest BCUT2D eigenvalue weighted by Crippen LogP contribution is 2.22. The summed E-state index contributed by atoms with van der Waals surface area (Å²) in [4.78, 5) is 29.3. The molecule has 2 heterocycles. The van der Waals surface area contributed by atoms with Gasteiger partial charge in [-0.25, -0.2) is 4.79 Å². The number of nitrogens with zero attached hydrogens (tertiary/aromatic N) is 3. The normalized spacial score (nSPS) is 20.3. The van der Waals surface area contributed by atoms with E-state index in [0.717, 1.165) is 25.9 Å². The SMILES string of the molecule is O=C1ON=C(c2ccc([N+](=O)[O-])cc2)C1=CN1CCCCCCC1. The molecule has 1 aromatic carbocycles. The standard InChI is InChI=1S/C17H19N3O4/c21-17-15(12-19-10-4-2-1-3-5-11-19)16(18-24-17)13-6-8-14(9-7-13)20(22)23/h6-9,12H,1-5,10-11H2. The lowest BCUT2D eigenvalue weighted by Crippen LogP contribution is -2.24. The number of hydrogen-bond donors (Lipinski definition) is 0. The van der Waals surface area contributed by atoms with Gasteiger partial charge in [-0.3, -0.25) is 10.1 Å². The van der Waals surface area contributed by atoms with Crippen LogP contribution in [0.4, 0.5) is 5.69 Å². The third kappa shape index (κ3) is 3.61. The van der Waals surface area contributed by atoms with Crippen LogP contribution in [0, 0.1) is 10.1 Å². The molecule has 0 atom stereocenters. The lowest BCUT2D eigenvalue weighted by molar-refractivity contribution is -0.384. The maximum absolute atomic E-state index is 12.0. The summed E-state index contributed by atoms with van der Waals surface area (Å²) < 4.78 is 0. The summed E-state index contributed by atoms with van der Waals surface area (Å²) in [6, 6.07) is 5.96. The van der Waals surface area contributed by atoms with Gasteiger partial charge in [0.05, 0.1) is 4.92 Å². The molecule has 0 N–H and O–H groups in total. The molecule has 1 aromatic rings. The highest BCUT2D eigenvalue weighted by molar-refractivity contribution is 6.28. The van der Waals surface area contributed by atoms with Crippen molar-refractivity contribution in [3.05, 3.63) is 51.7 Å². The average Bonchev–Trinajstić information content (AvgIpc) is 2.91. The van der Waals surface area contributed by atoms with Crippen molar-refractivity contribution in [2.45, 2.75) is 32.1 Å². The van der Waals surface area contributed by atoms with Crippen molar-refractivity contribution in [3.63, 3.8) is 0 Å². The van der Waals surface area contributed by atoms with E-state index in [4.69, 9.17) is 4.84 Å². The van der Waals surface area contributed by atoms with Gasteiger partial charge in [0.25, 0.3) is 5.69 Å². The first-order valence-corrected chi connectivity index (χ1v) is 8.15. The molecule has 24 heavy (non-hydrogen) atoms. The Morgan fingerprint density at radius 1 is 1.08 bits per heavy atom. The van der Waals surface area contributed by atoms with E-state index in [-0.39, 0.29) is 5.69 Å². The molecule has 0 aliphatic carbocycles. The van der Waals surface area contributed by atoms with Crippen LogP contribution in [0.1, 0.15) is 37.7 Å². The summed E-state index contributed by atoms with van der Waals surface area (Å²) in [5.41, 5.74) is 1.46. The molecule has 0 unspecified atom stereocenters. The van der Waals surface area contributed by atoms with E-state index in [0.29, 0.717) is 16.8 Å². The van der Waals surface area contributed by atoms with Crippen LogP contribution in [0.15, 0.2) is 41.2 Å². The quantitative estimate of drug-likeness (QED) is 0.368. The smallest absolute Gasteiger partial charge is 0.369 e. The van der Waals surface area contributed by atoms with Crippen LogP contribution >= 0.6 is 0 Å². The molecule has 2 aliphatic heterocycles. The molecule has 0 bridgehead atoms. The number of likely N-dealkylation sites (tertiary alicyclic amines) is 1. The van der Waals surface area contributed by atoms with E-state index < -0.39 is 10.9 Å². The zero-order valence-corrected chi connectivity index (χ0v) is 13.3. The number of non-ortho nitro benzene ring substituents is 1. The van der Waals surface area contributed by atoms with Gasteiger partial charge >= 0.3 is 5.97 Å². The van der Waals surface area contributed by atoms with Crippen molar-refractivity contribution in [3.8, 4) is 0 Å². The van der Waals surface area contributed by atoms with Gasteiger partial charge in [0.15, 0.2) is 0 Å². The predicted octanol–water partition coefficient (Wildman–Crippen LogP) is 3.01. The minimum Gasteiger partial charge on any atom is -0.377 e. The molecular formula is C17H19N3O4. The summed E-state index contributed by atoms with van der Waals surface area (Å²) >= 11 is 0. The van der Waals surface area contributed by atoms with Gasteiger partial charge in [-0.1, -0.05) is 24.4 Å². The Hall–Kier alpha value is -2.70. The van der Waals surface area contributed by atoms with Crippen molar-refractivity contribution in [2.24, 2.45) is 5.16 Å². The van der Waals surface area contributed by atoms with Crippen LogP contribution in [0.3, 0.4) is 0 Å². The van der Waals surface area contributed by atoms with Crippen LogP contribution in [0.25, 0.3) is 0 Å². The van der Waals surface area contributed by atoms with E-state index in [9.17, 15) is 14.9 Å². The van der Waals surface area contributed by atoms with E-state index >= 15 is 0 Å². The van der Waals surface area contributed by atoms with E-state index in [1.165, 1.54) is 31.4 Å². The summed E-state index contributed by atoms with van der Waals surface area (Å²) in [6.45, 7) is 1.81. The molecule has 0 saturated carbocycles. The first-order chi connectivity index (χ1) is 11.6. The Morgan fingerprint density at radius 2 is 1.71 bits per heavy atom. The number of oxime groups is 1. The second-order valence-electron chi connectivity index (χ2n) is 5.97. The summed E-state index contributed by atoms with van der Waals surface area (Å²) in [5.74, 6) is -0.481. The fraction of sp³-hybridized carbons (Fsp3) is 0.412. The van der Waals surface area contributed by atoms with Crippen molar-refractivity contribution >= 4 is 17.4 Å². The molecule has 1 fully saturated rings. The fourth-order valence-corrected chi connectivity index (χ4v) is 2.93. The Bertz CT molecular complexity index is 686. The first kappa shape index (κ1) is 16.2. The fourth-order valence-electron chi connectivity index (χ4n) is 2.93. The van der Waals surface area contributed by atoms with Crippen LogP contribution in [0.2, 0.25) is 0 Å². The van der Waals surface area contributed by atoms with Crippen molar-refractivity contribution in [2.75, 3.05) is 13.1 Å². The second-order valence-corrected chi connectivity index (χ2v) is 5.97. The van der Waals surface area contributed by atoms with Gasteiger partial charge in [-0.15, -0.1) is 0 Å². The third-order valence-corrected chi connectivity index (χ3v) is 4.25. The van der Waals surface area contributed by atoms with Gasteiger partial charge < -0.3 is 9.74 Å². The lowest BCUT2D eigenvalue weighted by Gasteiger charge is -2.23. The van der Waals surface area contributed by atoms with Crippen molar-refractivity contribution in [1.82, 2.24) is 4.90 Å². The molecule has 0 aromatic heterocycles. The molecule has 0 amide bonds. The Morgan fingerprint density at radius 3 is 2.33 bits per heavy atom. The van der Waals surface area contributed by atoms with Crippen LogP contribution in [0.5, 0.6) is 0 Å². The maximum Gasteiger partial charge on any atom is 0.369 e. The highest BCUT2D eigenvalue weighted by Gasteiger charge is 2.28. The second kappa shape index (κ2) is 7.25. The van der Waals surface area contributed by atoms with Gasteiger partial charge in [-0.2, -0.15) is 0 Å². The van der Waals surface area contributed by atoms with Crippen LogP contribution in [-0.2, 0) is 9.63 Å². The summed E-state index contributed by atoms with van der Waals surface area (Å²) in [5, 5.41) is 14.6. The molecule has 7 nitrogen and oxygen atoms in total. The molecule has 1 saturated heterocycles. The molecule has 0 spiro atoms. The van der Waals surface area contributed by atoms with Gasteiger partial charge in [0.1, 0.15) is 11.3 Å². The Labute approximate surface area is 139 Å². The first-order valence-electron chi connectivity index (χ1n) is 8.15.